The minimum Gasteiger partial charge on any atom is -0.294 e. The molecule has 0 saturated heterocycles. The first-order valence-electron chi connectivity index (χ1n) is 8.20. The van der Waals surface area contributed by atoms with E-state index in [-0.39, 0.29) is 10.8 Å². The summed E-state index contributed by atoms with van der Waals surface area (Å²) in [4.78, 5) is 12.9. The summed E-state index contributed by atoms with van der Waals surface area (Å²) in [7, 11) is 0. The van der Waals surface area contributed by atoms with Gasteiger partial charge in [0.1, 0.15) is 0 Å². The second-order valence-corrected chi connectivity index (χ2v) is 8.21. The van der Waals surface area contributed by atoms with Gasteiger partial charge >= 0.3 is 0 Å². The summed E-state index contributed by atoms with van der Waals surface area (Å²) in [5.74, 6) is 0.638. The predicted octanol–water partition coefficient (Wildman–Crippen LogP) is 3.66. The molecule has 2 aliphatic carbocycles. The normalized spacial score (nSPS) is 29.5. The number of ketones is 1. The summed E-state index contributed by atoms with van der Waals surface area (Å²) >= 11 is 1.43. The molecule has 1 heterocycles. The van der Waals surface area contributed by atoms with E-state index in [1.165, 1.54) is 11.8 Å². The Morgan fingerprint density at radius 2 is 2.00 bits per heavy atom. The minimum atomic E-state index is -0.227. The fraction of sp³-hybridized carbons (Fsp3) is 0.444. The molecule has 4 rings (SSSR count). The van der Waals surface area contributed by atoms with Crippen molar-refractivity contribution in [2.75, 3.05) is 0 Å². The highest BCUT2D eigenvalue weighted by molar-refractivity contribution is 8.02. The highest BCUT2D eigenvalue weighted by Gasteiger charge is 2.63. The number of hydrogen-bond acceptors (Lipinski definition) is 5. The van der Waals surface area contributed by atoms with Crippen molar-refractivity contribution >= 4 is 17.5 Å². The van der Waals surface area contributed by atoms with Crippen LogP contribution in [0.3, 0.4) is 0 Å². The SMILES string of the molecule is CC1(C)[C@H]2CC[C@]1(C)C(=O)/C2=C\Sc1nnnn1-c1ccccc1. The lowest BCUT2D eigenvalue weighted by Gasteiger charge is -2.31. The molecular weight excluding hydrogens is 320 g/mol. The summed E-state index contributed by atoms with van der Waals surface area (Å²) in [5.41, 5.74) is 1.66. The van der Waals surface area contributed by atoms with E-state index in [0.717, 1.165) is 24.1 Å². The molecule has 2 aliphatic rings. The number of thioether (sulfide) groups is 1. The molecule has 2 fully saturated rings. The first-order valence-corrected chi connectivity index (χ1v) is 9.08. The molecule has 2 atom stereocenters. The number of hydrogen-bond donors (Lipinski definition) is 0. The van der Waals surface area contributed by atoms with Crippen LogP contribution in [0.4, 0.5) is 0 Å². The van der Waals surface area contributed by atoms with Crippen LogP contribution in [-0.2, 0) is 4.79 Å². The zero-order valence-corrected chi connectivity index (χ0v) is 14.9. The lowest BCUT2D eigenvalue weighted by molar-refractivity contribution is -0.125. The molecule has 0 spiro atoms. The number of para-hydroxylation sites is 1. The third-order valence-corrected chi connectivity index (χ3v) is 6.94. The van der Waals surface area contributed by atoms with Crippen LogP contribution >= 0.6 is 11.8 Å². The largest absolute Gasteiger partial charge is 0.294 e. The van der Waals surface area contributed by atoms with Crippen LogP contribution < -0.4 is 0 Å². The van der Waals surface area contributed by atoms with Crippen LogP contribution in [0.25, 0.3) is 5.69 Å². The maximum atomic E-state index is 12.9. The zero-order valence-electron chi connectivity index (χ0n) is 14.1. The molecule has 0 unspecified atom stereocenters. The molecule has 124 valence electrons. The van der Waals surface area contributed by atoms with Crippen molar-refractivity contribution in [2.45, 2.75) is 38.8 Å². The van der Waals surface area contributed by atoms with Crippen molar-refractivity contribution in [3.05, 3.63) is 41.3 Å². The molecule has 6 heteroatoms. The standard InChI is InChI=1S/C18H20N4OS/c1-17(2)14-9-10-18(17,3)15(23)13(14)11-24-16-19-20-21-22(16)12-7-5-4-6-8-12/h4-8,11,14H,9-10H2,1-3H3/b13-11-/t14-,18+/m0/s1. The van der Waals surface area contributed by atoms with Gasteiger partial charge in [0, 0.05) is 11.0 Å². The van der Waals surface area contributed by atoms with E-state index in [1.807, 2.05) is 35.7 Å². The van der Waals surface area contributed by atoms with Crippen molar-refractivity contribution in [1.82, 2.24) is 20.2 Å². The van der Waals surface area contributed by atoms with E-state index in [9.17, 15) is 4.79 Å². The molecule has 2 bridgehead atoms. The topological polar surface area (TPSA) is 60.7 Å². The Kier molecular flexibility index (Phi) is 3.42. The van der Waals surface area contributed by atoms with Gasteiger partial charge in [-0.05, 0) is 52.1 Å². The molecule has 0 aliphatic heterocycles. The Bertz CT molecular complexity index is 827. The van der Waals surface area contributed by atoms with E-state index in [1.54, 1.807) is 4.68 Å². The number of benzene rings is 1. The Hall–Kier alpha value is -1.95. The van der Waals surface area contributed by atoms with Gasteiger partial charge in [-0.3, -0.25) is 4.79 Å². The van der Waals surface area contributed by atoms with Crippen LogP contribution in [0, 0.1) is 16.7 Å². The lowest BCUT2D eigenvalue weighted by Crippen LogP contribution is -2.32. The summed E-state index contributed by atoms with van der Waals surface area (Å²) < 4.78 is 1.70. The van der Waals surface area contributed by atoms with Crippen LogP contribution in [0.15, 0.2) is 46.5 Å². The van der Waals surface area contributed by atoms with Gasteiger partial charge in [-0.2, -0.15) is 4.68 Å². The van der Waals surface area contributed by atoms with Crippen molar-refractivity contribution in [3.8, 4) is 5.69 Å². The second-order valence-electron chi connectivity index (χ2n) is 7.37. The molecule has 2 saturated carbocycles. The van der Waals surface area contributed by atoms with Crippen LogP contribution in [-0.4, -0.2) is 26.0 Å². The van der Waals surface area contributed by atoms with Crippen LogP contribution in [0.1, 0.15) is 33.6 Å². The monoisotopic (exact) mass is 340 g/mol. The number of allylic oxidation sites excluding steroid dienone is 1. The number of carbonyl (C=O) groups excluding carboxylic acids is 1. The highest BCUT2D eigenvalue weighted by Crippen LogP contribution is 2.65. The van der Waals surface area contributed by atoms with Crippen LogP contribution in [0.5, 0.6) is 0 Å². The zero-order chi connectivity index (χ0) is 16.9. The molecule has 0 N–H and O–H groups in total. The summed E-state index contributed by atoms with van der Waals surface area (Å²) in [6.45, 7) is 6.57. The Labute approximate surface area is 145 Å². The van der Waals surface area contributed by atoms with E-state index < -0.39 is 0 Å². The van der Waals surface area contributed by atoms with E-state index in [2.05, 4.69) is 36.3 Å². The summed E-state index contributed by atoms with van der Waals surface area (Å²) in [6.07, 6.45) is 2.08. The number of aromatic nitrogens is 4. The van der Waals surface area contributed by atoms with Gasteiger partial charge in [0.25, 0.3) is 0 Å². The van der Waals surface area contributed by atoms with Gasteiger partial charge in [-0.15, -0.1) is 5.10 Å². The first kappa shape index (κ1) is 15.6. The average molecular weight is 340 g/mol. The van der Waals surface area contributed by atoms with Crippen molar-refractivity contribution in [1.29, 1.82) is 0 Å². The van der Waals surface area contributed by atoms with Gasteiger partial charge in [-0.1, -0.05) is 50.7 Å². The van der Waals surface area contributed by atoms with Crippen molar-refractivity contribution in [2.24, 2.45) is 16.7 Å². The highest BCUT2D eigenvalue weighted by atomic mass is 32.2. The average Bonchev–Trinajstić information content (AvgIpc) is 3.17. The molecule has 2 aromatic rings. The Morgan fingerprint density at radius 1 is 1.25 bits per heavy atom. The third kappa shape index (κ3) is 2.02. The van der Waals surface area contributed by atoms with Gasteiger partial charge in [0.15, 0.2) is 5.78 Å². The quantitative estimate of drug-likeness (QED) is 0.630. The first-order chi connectivity index (χ1) is 11.4. The fourth-order valence-electron chi connectivity index (χ4n) is 4.16. The number of fused-ring (bicyclic) bond motifs is 2. The maximum absolute atomic E-state index is 12.9. The number of nitrogens with zero attached hydrogens (tertiary/aromatic N) is 4. The predicted molar refractivity (Wildman–Crippen MR) is 92.7 cm³/mol. The number of carbonyl (C=O) groups is 1. The Balaban J connectivity index is 1.64. The second kappa shape index (κ2) is 5.28. The third-order valence-electron chi connectivity index (χ3n) is 6.10. The minimum absolute atomic E-state index is 0.0296. The fourth-order valence-corrected chi connectivity index (χ4v) is 4.99. The molecule has 5 nitrogen and oxygen atoms in total. The van der Waals surface area contributed by atoms with Crippen molar-refractivity contribution in [3.63, 3.8) is 0 Å². The van der Waals surface area contributed by atoms with E-state index in [0.29, 0.717) is 16.9 Å². The molecule has 1 aromatic heterocycles. The molecule has 0 amide bonds. The van der Waals surface area contributed by atoms with Gasteiger partial charge < -0.3 is 0 Å². The molecule has 24 heavy (non-hydrogen) atoms. The lowest BCUT2D eigenvalue weighted by atomic mass is 9.70. The van der Waals surface area contributed by atoms with Crippen LogP contribution in [0.2, 0.25) is 0 Å². The molecule has 0 radical (unpaired) electrons. The van der Waals surface area contributed by atoms with Crippen molar-refractivity contribution < 1.29 is 4.79 Å². The van der Waals surface area contributed by atoms with E-state index in [4.69, 9.17) is 0 Å². The smallest absolute Gasteiger partial charge is 0.218 e. The maximum Gasteiger partial charge on any atom is 0.218 e. The number of rotatable bonds is 3. The summed E-state index contributed by atoms with van der Waals surface area (Å²) in [6, 6.07) is 9.78. The van der Waals surface area contributed by atoms with E-state index >= 15 is 0 Å². The summed E-state index contributed by atoms with van der Waals surface area (Å²) in [5, 5.41) is 14.6. The van der Waals surface area contributed by atoms with Gasteiger partial charge in [0.05, 0.1) is 5.69 Å². The van der Waals surface area contributed by atoms with Gasteiger partial charge in [-0.25, -0.2) is 0 Å². The molecular formula is C18H20N4OS. The molecule has 1 aromatic carbocycles. The Morgan fingerprint density at radius 3 is 2.67 bits per heavy atom. The number of Topliss-reactive ketones (excluding diaryl/α,β-unsaturated/α-hetero) is 1. The number of tetrazole rings is 1. The van der Waals surface area contributed by atoms with Gasteiger partial charge in [0.2, 0.25) is 5.16 Å².